The Morgan fingerprint density at radius 3 is 2.39 bits per heavy atom. The standard InChI is InChI=1S/C30H34N2O/c1-23(2)18-29(26-11-5-4-6-12-26)22-33-30-19-25(21-32-17-9-16-31-32)14-15-28(30)20-27-13-8-7-10-24(27)3/h4-17,19,23,29H,18,20-22H2,1-3H3. The molecule has 1 aromatic heterocycles. The van der Waals surface area contributed by atoms with Gasteiger partial charge in [-0.2, -0.15) is 5.10 Å². The highest BCUT2D eigenvalue weighted by molar-refractivity contribution is 5.42. The zero-order valence-corrected chi connectivity index (χ0v) is 19.9. The fourth-order valence-corrected chi connectivity index (χ4v) is 4.36. The van der Waals surface area contributed by atoms with E-state index < -0.39 is 0 Å². The SMILES string of the molecule is Cc1ccccc1Cc1ccc(Cn2cccn2)cc1OCC(CC(C)C)c1ccccc1. The molecule has 0 N–H and O–H groups in total. The predicted octanol–water partition coefficient (Wildman–Crippen LogP) is 7.04. The lowest BCUT2D eigenvalue weighted by Crippen LogP contribution is -2.14. The van der Waals surface area contributed by atoms with Gasteiger partial charge in [-0.15, -0.1) is 0 Å². The maximum Gasteiger partial charge on any atom is 0.123 e. The molecule has 0 spiro atoms. The molecule has 0 fully saturated rings. The fourth-order valence-electron chi connectivity index (χ4n) is 4.36. The Morgan fingerprint density at radius 1 is 0.879 bits per heavy atom. The van der Waals surface area contributed by atoms with Crippen LogP contribution < -0.4 is 4.74 Å². The van der Waals surface area contributed by atoms with Crippen LogP contribution in [0.25, 0.3) is 0 Å². The molecule has 3 nitrogen and oxygen atoms in total. The molecular weight excluding hydrogens is 404 g/mol. The number of hydrogen-bond donors (Lipinski definition) is 0. The minimum Gasteiger partial charge on any atom is -0.493 e. The van der Waals surface area contributed by atoms with Gasteiger partial charge in [0.15, 0.2) is 0 Å². The maximum absolute atomic E-state index is 6.60. The number of aryl methyl sites for hydroxylation is 1. The predicted molar refractivity (Wildman–Crippen MR) is 136 cm³/mol. The second-order valence-corrected chi connectivity index (χ2v) is 9.30. The van der Waals surface area contributed by atoms with Crippen molar-refractivity contribution in [2.24, 2.45) is 5.92 Å². The van der Waals surface area contributed by atoms with Crippen LogP contribution in [-0.4, -0.2) is 16.4 Å². The third-order valence-electron chi connectivity index (χ3n) is 6.14. The molecule has 1 heterocycles. The molecule has 0 aliphatic carbocycles. The van der Waals surface area contributed by atoms with Crippen molar-refractivity contribution in [1.82, 2.24) is 9.78 Å². The van der Waals surface area contributed by atoms with Crippen molar-refractivity contribution in [3.63, 3.8) is 0 Å². The Morgan fingerprint density at radius 2 is 1.67 bits per heavy atom. The van der Waals surface area contributed by atoms with Gasteiger partial charge in [0, 0.05) is 24.7 Å². The number of aromatic nitrogens is 2. The van der Waals surface area contributed by atoms with Gasteiger partial charge in [0.05, 0.1) is 13.2 Å². The van der Waals surface area contributed by atoms with Gasteiger partial charge in [-0.1, -0.05) is 80.6 Å². The summed E-state index contributed by atoms with van der Waals surface area (Å²) < 4.78 is 8.55. The van der Waals surface area contributed by atoms with Gasteiger partial charge >= 0.3 is 0 Å². The first-order valence-electron chi connectivity index (χ1n) is 11.9. The molecule has 1 atom stereocenters. The van der Waals surface area contributed by atoms with Gasteiger partial charge in [-0.05, 0) is 59.2 Å². The van der Waals surface area contributed by atoms with Crippen molar-refractivity contribution in [2.75, 3.05) is 6.61 Å². The Hall–Kier alpha value is -3.33. The van der Waals surface area contributed by atoms with Gasteiger partial charge in [0.2, 0.25) is 0 Å². The Bertz CT molecular complexity index is 1130. The number of ether oxygens (including phenoxy) is 1. The first kappa shape index (κ1) is 22.8. The number of hydrogen-bond acceptors (Lipinski definition) is 2. The zero-order valence-electron chi connectivity index (χ0n) is 19.9. The van der Waals surface area contributed by atoms with Crippen LogP contribution in [0.5, 0.6) is 5.75 Å². The van der Waals surface area contributed by atoms with Gasteiger partial charge < -0.3 is 4.74 Å². The minimum absolute atomic E-state index is 0.368. The van der Waals surface area contributed by atoms with Gasteiger partial charge in [-0.3, -0.25) is 4.68 Å². The summed E-state index contributed by atoms with van der Waals surface area (Å²) in [5.74, 6) is 1.95. The van der Waals surface area contributed by atoms with Crippen LogP contribution in [0.4, 0.5) is 0 Å². The molecule has 0 saturated heterocycles. The normalized spacial score (nSPS) is 12.1. The van der Waals surface area contributed by atoms with E-state index in [2.05, 4.69) is 98.7 Å². The van der Waals surface area contributed by atoms with E-state index in [-0.39, 0.29) is 0 Å². The average molecular weight is 439 g/mol. The summed E-state index contributed by atoms with van der Waals surface area (Å²) in [4.78, 5) is 0. The molecule has 0 saturated carbocycles. The van der Waals surface area contributed by atoms with Crippen LogP contribution in [0.2, 0.25) is 0 Å². The van der Waals surface area contributed by atoms with Gasteiger partial charge in [0.1, 0.15) is 5.75 Å². The number of rotatable bonds is 10. The highest BCUT2D eigenvalue weighted by atomic mass is 16.5. The van der Waals surface area contributed by atoms with Crippen molar-refractivity contribution in [2.45, 2.75) is 46.1 Å². The topological polar surface area (TPSA) is 27.1 Å². The summed E-state index contributed by atoms with van der Waals surface area (Å²) in [6.07, 6.45) is 5.78. The number of nitrogens with zero attached hydrogens (tertiary/aromatic N) is 2. The van der Waals surface area contributed by atoms with E-state index in [4.69, 9.17) is 4.74 Å². The lowest BCUT2D eigenvalue weighted by Gasteiger charge is -2.22. The molecule has 4 rings (SSSR count). The smallest absolute Gasteiger partial charge is 0.123 e. The second kappa shape index (κ2) is 11.0. The van der Waals surface area contributed by atoms with Crippen molar-refractivity contribution < 1.29 is 4.74 Å². The summed E-state index contributed by atoms with van der Waals surface area (Å²) in [5.41, 5.74) is 6.42. The van der Waals surface area contributed by atoms with Crippen LogP contribution in [0.15, 0.2) is 91.3 Å². The lowest BCUT2D eigenvalue weighted by atomic mass is 9.91. The van der Waals surface area contributed by atoms with E-state index >= 15 is 0 Å². The minimum atomic E-state index is 0.368. The van der Waals surface area contributed by atoms with Gasteiger partial charge in [-0.25, -0.2) is 0 Å². The monoisotopic (exact) mass is 438 g/mol. The maximum atomic E-state index is 6.60. The van der Waals surface area contributed by atoms with Crippen molar-refractivity contribution >= 4 is 0 Å². The molecule has 1 unspecified atom stereocenters. The van der Waals surface area contributed by atoms with Crippen LogP contribution in [0.3, 0.4) is 0 Å². The van der Waals surface area contributed by atoms with E-state index in [9.17, 15) is 0 Å². The highest BCUT2D eigenvalue weighted by Crippen LogP contribution is 2.29. The molecule has 3 aromatic carbocycles. The molecular formula is C30H34N2O. The highest BCUT2D eigenvalue weighted by Gasteiger charge is 2.16. The summed E-state index contributed by atoms with van der Waals surface area (Å²) in [6, 6.07) is 27.9. The largest absolute Gasteiger partial charge is 0.493 e. The molecule has 33 heavy (non-hydrogen) atoms. The molecule has 0 radical (unpaired) electrons. The Kier molecular flexibility index (Phi) is 7.62. The Balaban J connectivity index is 1.60. The van der Waals surface area contributed by atoms with E-state index in [1.807, 2.05) is 23.1 Å². The quantitative estimate of drug-likeness (QED) is 0.265. The summed E-state index contributed by atoms with van der Waals surface area (Å²) in [6.45, 7) is 8.15. The average Bonchev–Trinajstić information content (AvgIpc) is 3.33. The van der Waals surface area contributed by atoms with Crippen LogP contribution >= 0.6 is 0 Å². The molecule has 0 aliphatic rings. The van der Waals surface area contributed by atoms with Crippen molar-refractivity contribution in [3.05, 3.63) is 119 Å². The fraction of sp³-hybridized carbons (Fsp3) is 0.300. The van der Waals surface area contributed by atoms with Crippen molar-refractivity contribution in [3.8, 4) is 5.75 Å². The molecule has 4 aromatic rings. The molecule has 170 valence electrons. The molecule has 0 amide bonds. The van der Waals surface area contributed by atoms with E-state index in [1.54, 1.807) is 0 Å². The molecule has 3 heteroatoms. The third-order valence-corrected chi connectivity index (χ3v) is 6.14. The first-order chi connectivity index (χ1) is 16.1. The van der Waals surface area contributed by atoms with Crippen LogP contribution in [0.1, 0.15) is 54.0 Å². The lowest BCUT2D eigenvalue weighted by molar-refractivity contribution is 0.268. The zero-order chi connectivity index (χ0) is 23.0. The molecule has 0 aliphatic heterocycles. The van der Waals surface area contributed by atoms with E-state index in [0.29, 0.717) is 18.4 Å². The third kappa shape index (κ3) is 6.35. The van der Waals surface area contributed by atoms with Crippen LogP contribution in [-0.2, 0) is 13.0 Å². The van der Waals surface area contributed by atoms with E-state index in [0.717, 1.165) is 25.1 Å². The second-order valence-electron chi connectivity index (χ2n) is 9.30. The Labute approximate surface area is 198 Å². The summed E-state index contributed by atoms with van der Waals surface area (Å²) >= 11 is 0. The summed E-state index contributed by atoms with van der Waals surface area (Å²) in [5, 5.41) is 4.37. The molecule has 0 bridgehead atoms. The van der Waals surface area contributed by atoms with Crippen molar-refractivity contribution in [1.29, 1.82) is 0 Å². The van der Waals surface area contributed by atoms with Gasteiger partial charge in [0.25, 0.3) is 0 Å². The van der Waals surface area contributed by atoms with Crippen LogP contribution in [0, 0.1) is 12.8 Å². The summed E-state index contributed by atoms with van der Waals surface area (Å²) in [7, 11) is 0. The first-order valence-corrected chi connectivity index (χ1v) is 11.9. The number of benzene rings is 3. The van der Waals surface area contributed by atoms with E-state index in [1.165, 1.54) is 27.8 Å².